The van der Waals surface area contributed by atoms with Crippen molar-refractivity contribution in [3.8, 4) is 5.75 Å². The van der Waals surface area contributed by atoms with Gasteiger partial charge in [0.2, 0.25) is 0 Å². The van der Waals surface area contributed by atoms with Crippen molar-refractivity contribution < 1.29 is 13.9 Å². The number of rotatable bonds is 3. The maximum absolute atomic E-state index is 13.8. The number of hydrogen-bond acceptors (Lipinski definition) is 2. The number of hydrogen-bond donors (Lipinski definition) is 0. The van der Waals surface area contributed by atoms with Crippen molar-refractivity contribution in [2.45, 2.75) is 19.3 Å². The van der Waals surface area contributed by atoms with Gasteiger partial charge in [-0.3, -0.25) is 0 Å². The average Bonchev–Trinajstić information content (AvgIpc) is 2.49. The molecule has 1 aromatic rings. The molecule has 0 bridgehead atoms. The van der Waals surface area contributed by atoms with Gasteiger partial charge in [-0.15, -0.1) is 0 Å². The number of amides is 2. The highest BCUT2D eigenvalue weighted by Crippen LogP contribution is 2.25. The molecule has 1 saturated heterocycles. The molecule has 0 radical (unpaired) electrons. The molecule has 0 aliphatic carbocycles. The summed E-state index contributed by atoms with van der Waals surface area (Å²) in [5.74, 6) is 0.923. The highest BCUT2D eigenvalue weighted by molar-refractivity contribution is 5.73. The van der Waals surface area contributed by atoms with Gasteiger partial charge in [0.05, 0.1) is 7.11 Å². The summed E-state index contributed by atoms with van der Waals surface area (Å²) in [6, 6.07) is 4.92. The van der Waals surface area contributed by atoms with Gasteiger partial charge in [0, 0.05) is 27.2 Å². The first-order valence-corrected chi connectivity index (χ1v) is 7.30. The monoisotopic (exact) mass is 294 g/mol. The first-order chi connectivity index (χ1) is 10.0. The van der Waals surface area contributed by atoms with Crippen LogP contribution in [0.2, 0.25) is 0 Å². The Kier molecular flexibility index (Phi) is 5.04. The van der Waals surface area contributed by atoms with E-state index in [9.17, 15) is 9.18 Å². The number of halogens is 1. The SMILES string of the molecule is COc1ccc(F)c(CC2CCN(C(=O)N(C)C)CC2)c1. The summed E-state index contributed by atoms with van der Waals surface area (Å²) in [5.41, 5.74) is 0.701. The maximum Gasteiger partial charge on any atom is 0.319 e. The topological polar surface area (TPSA) is 32.8 Å². The minimum Gasteiger partial charge on any atom is -0.497 e. The number of urea groups is 1. The Morgan fingerprint density at radius 1 is 1.38 bits per heavy atom. The van der Waals surface area contributed by atoms with Crippen LogP contribution in [0.5, 0.6) is 5.75 Å². The van der Waals surface area contributed by atoms with Gasteiger partial charge in [-0.25, -0.2) is 9.18 Å². The number of carbonyl (C=O) groups is 1. The second kappa shape index (κ2) is 6.78. The molecule has 1 aromatic carbocycles. The van der Waals surface area contributed by atoms with Crippen LogP contribution in [-0.4, -0.2) is 50.1 Å². The van der Waals surface area contributed by atoms with Crippen molar-refractivity contribution >= 4 is 6.03 Å². The molecule has 1 aliphatic rings. The van der Waals surface area contributed by atoms with Crippen LogP contribution < -0.4 is 4.74 Å². The molecule has 116 valence electrons. The van der Waals surface area contributed by atoms with Crippen LogP contribution in [0.1, 0.15) is 18.4 Å². The van der Waals surface area contributed by atoms with Crippen molar-refractivity contribution in [1.29, 1.82) is 0 Å². The Bertz CT molecular complexity index is 497. The zero-order chi connectivity index (χ0) is 15.4. The number of piperidine rings is 1. The van der Waals surface area contributed by atoms with Gasteiger partial charge in [0.15, 0.2) is 0 Å². The van der Waals surface area contributed by atoms with Gasteiger partial charge >= 0.3 is 6.03 Å². The smallest absolute Gasteiger partial charge is 0.319 e. The molecule has 5 heteroatoms. The van der Waals surface area contributed by atoms with Crippen molar-refractivity contribution in [2.24, 2.45) is 5.92 Å². The van der Waals surface area contributed by atoms with Crippen molar-refractivity contribution in [1.82, 2.24) is 9.80 Å². The third kappa shape index (κ3) is 3.86. The molecule has 2 amide bonds. The molecular formula is C16H23FN2O2. The molecule has 0 saturated carbocycles. The lowest BCUT2D eigenvalue weighted by atomic mass is 9.90. The number of benzene rings is 1. The fourth-order valence-electron chi connectivity index (χ4n) is 2.76. The molecule has 0 aromatic heterocycles. The molecule has 1 heterocycles. The number of likely N-dealkylation sites (tertiary alicyclic amines) is 1. The maximum atomic E-state index is 13.8. The summed E-state index contributed by atoms with van der Waals surface area (Å²) in [5, 5.41) is 0. The van der Waals surface area contributed by atoms with Crippen LogP contribution in [0, 0.1) is 11.7 Å². The number of nitrogens with zero attached hydrogens (tertiary/aromatic N) is 2. The highest BCUT2D eigenvalue weighted by Gasteiger charge is 2.24. The summed E-state index contributed by atoms with van der Waals surface area (Å²) < 4.78 is 19.0. The molecule has 1 fully saturated rings. The first-order valence-electron chi connectivity index (χ1n) is 7.30. The van der Waals surface area contributed by atoms with Gasteiger partial charge in [0.25, 0.3) is 0 Å². The number of carbonyl (C=O) groups excluding carboxylic acids is 1. The molecule has 0 spiro atoms. The first kappa shape index (κ1) is 15.6. The summed E-state index contributed by atoms with van der Waals surface area (Å²) in [4.78, 5) is 15.3. The van der Waals surface area contributed by atoms with Gasteiger partial charge < -0.3 is 14.5 Å². The third-order valence-corrected chi connectivity index (χ3v) is 4.03. The molecule has 0 atom stereocenters. The van der Waals surface area contributed by atoms with E-state index in [1.165, 1.54) is 6.07 Å². The van der Waals surface area contributed by atoms with Crippen LogP contribution >= 0.6 is 0 Å². The normalized spacial score (nSPS) is 15.9. The molecular weight excluding hydrogens is 271 g/mol. The van der Waals surface area contributed by atoms with Crippen LogP contribution in [0.3, 0.4) is 0 Å². The zero-order valence-corrected chi connectivity index (χ0v) is 12.9. The van der Waals surface area contributed by atoms with Crippen LogP contribution in [0.4, 0.5) is 9.18 Å². The van der Waals surface area contributed by atoms with E-state index in [2.05, 4.69) is 0 Å². The Hall–Kier alpha value is -1.78. The second-order valence-electron chi connectivity index (χ2n) is 5.77. The number of methoxy groups -OCH3 is 1. The van der Waals surface area contributed by atoms with Gasteiger partial charge in [-0.2, -0.15) is 0 Å². The van der Waals surface area contributed by atoms with E-state index in [0.29, 0.717) is 23.7 Å². The largest absolute Gasteiger partial charge is 0.497 e. The van der Waals surface area contributed by atoms with E-state index in [-0.39, 0.29) is 11.8 Å². The second-order valence-corrected chi connectivity index (χ2v) is 5.77. The molecule has 0 unspecified atom stereocenters. The van der Waals surface area contributed by atoms with E-state index in [0.717, 1.165) is 25.9 Å². The van der Waals surface area contributed by atoms with Crippen molar-refractivity contribution in [2.75, 3.05) is 34.3 Å². The summed E-state index contributed by atoms with van der Waals surface area (Å²) in [6.07, 6.45) is 2.53. The van der Waals surface area contributed by atoms with E-state index in [4.69, 9.17) is 4.74 Å². The van der Waals surface area contributed by atoms with Crippen LogP contribution in [-0.2, 0) is 6.42 Å². The van der Waals surface area contributed by atoms with E-state index in [1.807, 2.05) is 4.90 Å². The molecule has 1 aliphatic heterocycles. The fourth-order valence-corrected chi connectivity index (χ4v) is 2.76. The standard InChI is InChI=1S/C16H23FN2O2/c1-18(2)16(20)19-8-6-12(7-9-19)10-13-11-14(21-3)4-5-15(13)17/h4-5,11-12H,6-10H2,1-3H3. The fraction of sp³-hybridized carbons (Fsp3) is 0.562. The Balaban J connectivity index is 1.93. The van der Waals surface area contributed by atoms with E-state index >= 15 is 0 Å². The molecule has 0 N–H and O–H groups in total. The van der Waals surface area contributed by atoms with Gasteiger partial charge in [0.1, 0.15) is 11.6 Å². The van der Waals surface area contributed by atoms with E-state index in [1.54, 1.807) is 38.2 Å². The Morgan fingerprint density at radius 3 is 2.62 bits per heavy atom. The Morgan fingerprint density at radius 2 is 2.05 bits per heavy atom. The highest BCUT2D eigenvalue weighted by atomic mass is 19.1. The zero-order valence-electron chi connectivity index (χ0n) is 12.9. The molecule has 21 heavy (non-hydrogen) atoms. The summed E-state index contributed by atoms with van der Waals surface area (Å²) in [7, 11) is 5.11. The van der Waals surface area contributed by atoms with Crippen molar-refractivity contribution in [3.63, 3.8) is 0 Å². The number of ether oxygens (including phenoxy) is 1. The van der Waals surface area contributed by atoms with Crippen LogP contribution in [0.25, 0.3) is 0 Å². The minimum absolute atomic E-state index is 0.0565. The quantitative estimate of drug-likeness (QED) is 0.859. The van der Waals surface area contributed by atoms with Gasteiger partial charge in [-0.05, 0) is 48.9 Å². The molecule has 2 rings (SSSR count). The summed E-state index contributed by atoms with van der Waals surface area (Å²) >= 11 is 0. The predicted octanol–water partition coefficient (Wildman–Crippen LogP) is 2.77. The lowest BCUT2D eigenvalue weighted by Crippen LogP contribution is -2.44. The minimum atomic E-state index is -0.178. The predicted molar refractivity (Wildman–Crippen MR) is 80.0 cm³/mol. The van der Waals surface area contributed by atoms with Crippen molar-refractivity contribution in [3.05, 3.63) is 29.6 Å². The lowest BCUT2D eigenvalue weighted by Gasteiger charge is -2.33. The van der Waals surface area contributed by atoms with E-state index < -0.39 is 0 Å². The molecule has 4 nitrogen and oxygen atoms in total. The Labute approximate surface area is 125 Å². The summed E-state index contributed by atoms with van der Waals surface area (Å²) in [6.45, 7) is 1.49. The average molecular weight is 294 g/mol. The lowest BCUT2D eigenvalue weighted by molar-refractivity contribution is 0.147. The van der Waals surface area contributed by atoms with Crippen LogP contribution in [0.15, 0.2) is 18.2 Å². The van der Waals surface area contributed by atoms with Gasteiger partial charge in [-0.1, -0.05) is 0 Å². The third-order valence-electron chi connectivity index (χ3n) is 4.03.